The van der Waals surface area contributed by atoms with Gasteiger partial charge < -0.3 is 10.2 Å². The topological polar surface area (TPSA) is 52.7 Å². The van der Waals surface area contributed by atoms with Crippen LogP contribution in [0.15, 0.2) is 59.8 Å². The van der Waals surface area contributed by atoms with Gasteiger partial charge in [0, 0.05) is 12.7 Å². The fourth-order valence-corrected chi connectivity index (χ4v) is 3.56. The van der Waals surface area contributed by atoms with Crippen molar-refractivity contribution in [2.45, 2.75) is 19.9 Å². The molecule has 2 aliphatic rings. The fourth-order valence-electron chi connectivity index (χ4n) is 3.56. The van der Waals surface area contributed by atoms with Crippen LogP contribution in [0.25, 0.3) is 0 Å². The van der Waals surface area contributed by atoms with E-state index in [0.717, 1.165) is 22.5 Å². The lowest BCUT2D eigenvalue weighted by Gasteiger charge is -2.31. The molecule has 3 amide bonds. The summed E-state index contributed by atoms with van der Waals surface area (Å²) >= 11 is 0. The Bertz CT molecular complexity index is 934. The quantitative estimate of drug-likeness (QED) is 0.906. The van der Waals surface area contributed by atoms with Gasteiger partial charge in [-0.05, 0) is 42.7 Å². The molecule has 26 heavy (non-hydrogen) atoms. The van der Waals surface area contributed by atoms with Gasteiger partial charge in [-0.15, -0.1) is 0 Å². The summed E-state index contributed by atoms with van der Waals surface area (Å²) in [6.45, 7) is 4.50. The van der Waals surface area contributed by atoms with Crippen LogP contribution in [0, 0.1) is 13.8 Å². The number of carbonyl (C=O) groups excluding carboxylic acids is 2. The summed E-state index contributed by atoms with van der Waals surface area (Å²) < 4.78 is 0. The van der Waals surface area contributed by atoms with E-state index in [-0.39, 0.29) is 11.9 Å². The number of hydrogen-bond acceptors (Lipinski definition) is 2. The molecule has 2 aromatic rings. The normalized spacial score (nSPS) is 19.7. The minimum absolute atomic E-state index is 0.0519. The van der Waals surface area contributed by atoms with Crippen molar-refractivity contribution in [1.82, 2.24) is 10.2 Å². The predicted octanol–water partition coefficient (Wildman–Crippen LogP) is 3.30. The fraction of sp³-hybridized carbons (Fsp3) is 0.238. The number of urea groups is 1. The van der Waals surface area contributed by atoms with Gasteiger partial charge in [0.1, 0.15) is 0 Å². The van der Waals surface area contributed by atoms with Crippen molar-refractivity contribution >= 4 is 17.6 Å². The molecule has 0 spiro atoms. The van der Waals surface area contributed by atoms with Crippen LogP contribution in [0.3, 0.4) is 0 Å². The zero-order chi connectivity index (χ0) is 18.4. The Kier molecular flexibility index (Phi) is 3.80. The van der Waals surface area contributed by atoms with Crippen molar-refractivity contribution in [2.24, 2.45) is 0 Å². The Balaban J connectivity index is 1.76. The molecule has 1 atom stereocenters. The average molecular weight is 347 g/mol. The number of nitrogens with one attached hydrogen (secondary N) is 1. The molecule has 2 heterocycles. The molecule has 0 aliphatic carbocycles. The third-order valence-corrected chi connectivity index (χ3v) is 5.30. The van der Waals surface area contributed by atoms with Crippen LogP contribution in [0.2, 0.25) is 0 Å². The molecule has 1 N–H and O–H groups in total. The van der Waals surface area contributed by atoms with Gasteiger partial charge in [-0.1, -0.05) is 36.4 Å². The number of anilines is 1. The first-order valence-electron chi connectivity index (χ1n) is 8.68. The minimum atomic E-state index is -0.418. The number of rotatable bonds is 2. The molecule has 0 radical (unpaired) electrons. The predicted molar refractivity (Wildman–Crippen MR) is 101 cm³/mol. The number of hydrogen-bond donors (Lipinski definition) is 1. The molecule has 5 nitrogen and oxygen atoms in total. The van der Waals surface area contributed by atoms with E-state index in [0.29, 0.717) is 12.1 Å². The highest BCUT2D eigenvalue weighted by atomic mass is 16.2. The van der Waals surface area contributed by atoms with Gasteiger partial charge in [-0.3, -0.25) is 9.69 Å². The van der Waals surface area contributed by atoms with Gasteiger partial charge in [0.2, 0.25) is 0 Å². The summed E-state index contributed by atoms with van der Waals surface area (Å²) in [6, 6.07) is 15.0. The van der Waals surface area contributed by atoms with Crippen LogP contribution in [-0.4, -0.2) is 30.4 Å². The maximum atomic E-state index is 13.3. The van der Waals surface area contributed by atoms with Gasteiger partial charge in [0.25, 0.3) is 5.91 Å². The van der Waals surface area contributed by atoms with E-state index in [2.05, 4.69) is 12.2 Å². The van der Waals surface area contributed by atoms with Crippen LogP contribution < -0.4 is 10.2 Å². The van der Waals surface area contributed by atoms with Gasteiger partial charge in [-0.25, -0.2) is 4.79 Å². The zero-order valence-corrected chi connectivity index (χ0v) is 15.1. The molecule has 0 bridgehead atoms. The van der Waals surface area contributed by atoms with Crippen molar-refractivity contribution in [2.75, 3.05) is 18.5 Å². The highest BCUT2D eigenvalue weighted by molar-refractivity contribution is 6.11. The molecule has 5 heteroatoms. The second-order valence-corrected chi connectivity index (χ2v) is 6.87. The number of nitrogens with zero attached hydrogens (tertiary/aromatic N) is 2. The Morgan fingerprint density at radius 1 is 1.00 bits per heavy atom. The minimum Gasteiger partial charge on any atom is -0.327 e. The smallest absolute Gasteiger partial charge is 0.322 e. The summed E-state index contributed by atoms with van der Waals surface area (Å²) in [6.07, 6.45) is 0. The van der Waals surface area contributed by atoms with E-state index in [1.54, 1.807) is 16.8 Å². The number of aryl methyl sites for hydroxylation is 2. The van der Waals surface area contributed by atoms with Crippen molar-refractivity contribution < 1.29 is 9.59 Å². The average Bonchev–Trinajstić information content (AvgIpc) is 2.99. The van der Waals surface area contributed by atoms with Crippen LogP contribution in [-0.2, 0) is 4.79 Å². The first kappa shape index (κ1) is 16.4. The van der Waals surface area contributed by atoms with Crippen molar-refractivity contribution in [3.8, 4) is 0 Å². The number of carbonyl (C=O) groups is 2. The van der Waals surface area contributed by atoms with Gasteiger partial charge in [-0.2, -0.15) is 0 Å². The van der Waals surface area contributed by atoms with E-state index in [1.165, 1.54) is 5.56 Å². The third kappa shape index (κ3) is 2.47. The Morgan fingerprint density at radius 2 is 1.73 bits per heavy atom. The van der Waals surface area contributed by atoms with Gasteiger partial charge in [0.15, 0.2) is 0 Å². The Morgan fingerprint density at radius 3 is 2.42 bits per heavy atom. The van der Waals surface area contributed by atoms with Crippen molar-refractivity contribution in [3.05, 3.63) is 76.5 Å². The SMILES string of the molecule is Cc1ccc(N2CC3=C(C2=O)C(c2ccccc2)NC(=O)N3C)cc1C. The van der Waals surface area contributed by atoms with Crippen LogP contribution in [0.1, 0.15) is 22.7 Å². The number of amides is 3. The molecule has 4 rings (SSSR count). The Labute approximate surface area is 152 Å². The van der Waals surface area contributed by atoms with Crippen molar-refractivity contribution in [3.63, 3.8) is 0 Å². The molecule has 0 saturated carbocycles. The Hall–Kier alpha value is -3.08. The standard InChI is InChI=1S/C21H21N3O2/c1-13-9-10-16(11-14(13)2)24-12-17-18(20(24)25)19(22-21(26)23(17)3)15-7-5-4-6-8-15/h4-11,19H,12H2,1-3H3,(H,22,26). The molecule has 0 aromatic heterocycles. The third-order valence-electron chi connectivity index (χ3n) is 5.30. The lowest BCUT2D eigenvalue weighted by atomic mass is 9.96. The van der Waals surface area contributed by atoms with Crippen molar-refractivity contribution in [1.29, 1.82) is 0 Å². The van der Waals surface area contributed by atoms with Gasteiger partial charge in [0.05, 0.1) is 23.9 Å². The molecule has 0 fully saturated rings. The van der Waals surface area contributed by atoms with E-state index < -0.39 is 6.04 Å². The van der Waals surface area contributed by atoms with Crippen LogP contribution >= 0.6 is 0 Å². The largest absolute Gasteiger partial charge is 0.327 e. The summed E-state index contributed by atoms with van der Waals surface area (Å²) in [5.41, 5.74) is 5.52. The first-order valence-corrected chi connectivity index (χ1v) is 8.68. The maximum Gasteiger partial charge on any atom is 0.322 e. The molecular weight excluding hydrogens is 326 g/mol. The van der Waals surface area contributed by atoms with Crippen LogP contribution in [0.4, 0.5) is 10.5 Å². The monoisotopic (exact) mass is 347 g/mol. The van der Waals surface area contributed by atoms with Gasteiger partial charge >= 0.3 is 6.03 Å². The lowest BCUT2D eigenvalue weighted by molar-refractivity contribution is -0.114. The number of benzene rings is 2. The lowest BCUT2D eigenvalue weighted by Crippen LogP contribution is -2.45. The van der Waals surface area contributed by atoms with E-state index in [4.69, 9.17) is 0 Å². The molecule has 2 aromatic carbocycles. The van der Waals surface area contributed by atoms with Crippen LogP contribution in [0.5, 0.6) is 0 Å². The molecule has 1 unspecified atom stereocenters. The highest BCUT2D eigenvalue weighted by Crippen LogP contribution is 2.37. The maximum absolute atomic E-state index is 13.3. The molecule has 2 aliphatic heterocycles. The highest BCUT2D eigenvalue weighted by Gasteiger charge is 2.43. The summed E-state index contributed by atoms with van der Waals surface area (Å²) in [4.78, 5) is 29.0. The molecule has 0 saturated heterocycles. The second-order valence-electron chi connectivity index (χ2n) is 6.87. The summed E-state index contributed by atoms with van der Waals surface area (Å²) in [5.74, 6) is -0.0519. The first-order chi connectivity index (χ1) is 12.5. The van der Waals surface area contributed by atoms with E-state index in [9.17, 15) is 9.59 Å². The zero-order valence-electron chi connectivity index (χ0n) is 15.1. The molecular formula is C21H21N3O2. The number of likely N-dealkylation sites (N-methyl/N-ethyl adjacent to an activating group) is 1. The summed E-state index contributed by atoms with van der Waals surface area (Å²) in [5, 5.41) is 2.96. The van der Waals surface area contributed by atoms with E-state index in [1.807, 2.05) is 55.5 Å². The summed E-state index contributed by atoms with van der Waals surface area (Å²) in [7, 11) is 1.71. The van der Waals surface area contributed by atoms with E-state index >= 15 is 0 Å². The molecule has 132 valence electrons. The second kappa shape index (κ2) is 6.02.